The monoisotopic (exact) mass is 370 g/mol. The summed E-state index contributed by atoms with van der Waals surface area (Å²) in [6.45, 7) is 12.5. The van der Waals surface area contributed by atoms with Gasteiger partial charge in [0, 0.05) is 33.8 Å². The second kappa shape index (κ2) is 6.92. The van der Waals surface area contributed by atoms with Crippen LogP contribution in [0.5, 0.6) is 0 Å². The largest absolute Gasteiger partial charge is 0.361 e. The maximum atomic E-state index is 6.80. The summed E-state index contributed by atoms with van der Waals surface area (Å²) in [7, 11) is 0. The molecule has 25 heavy (non-hydrogen) atoms. The predicted octanol–water partition coefficient (Wildman–Crippen LogP) is 6.12. The van der Waals surface area contributed by atoms with E-state index in [0.29, 0.717) is 0 Å². The van der Waals surface area contributed by atoms with Gasteiger partial charge in [-0.3, -0.25) is 0 Å². The molecule has 0 bridgehead atoms. The zero-order chi connectivity index (χ0) is 18.2. The molecule has 1 N–H and O–H groups in total. The molecule has 1 aliphatic carbocycles. The summed E-state index contributed by atoms with van der Waals surface area (Å²) in [5, 5.41) is 3.74. The van der Waals surface area contributed by atoms with Crippen LogP contribution in [-0.2, 0) is 0 Å². The number of H-pyrrole nitrogens is 1. The molecule has 1 aromatic heterocycles. The Bertz CT molecular complexity index is 864. The van der Waals surface area contributed by atoms with E-state index < -0.39 is 0 Å². The molecule has 0 aliphatic heterocycles. The summed E-state index contributed by atoms with van der Waals surface area (Å²) < 4.78 is 0. The second-order valence-corrected chi connectivity index (χ2v) is 7.92. The number of aromatic amines is 1. The zero-order valence-corrected chi connectivity index (χ0v) is 16.2. The molecule has 1 heterocycles. The van der Waals surface area contributed by atoms with Crippen molar-refractivity contribution in [2.24, 2.45) is 16.3 Å². The van der Waals surface area contributed by atoms with Gasteiger partial charge in [0.25, 0.3) is 0 Å². The Kier molecular flexibility index (Phi) is 5.02. The Balaban J connectivity index is 2.24. The molecule has 1 fully saturated rings. The summed E-state index contributed by atoms with van der Waals surface area (Å²) in [6, 6.07) is 8.21. The number of hydrogen-bond acceptors (Lipinski definition) is 2. The molecule has 3 rings (SSSR count). The van der Waals surface area contributed by atoms with Crippen molar-refractivity contribution in [2.45, 2.75) is 37.6 Å². The minimum atomic E-state index is -0.359. The summed E-state index contributed by atoms with van der Waals surface area (Å²) in [5.41, 5.74) is 3.12. The number of fused-ring (bicyclic) bond motifs is 1. The molecule has 1 aromatic carbocycles. The highest BCUT2D eigenvalue weighted by Gasteiger charge is 2.51. The minimum absolute atomic E-state index is 0.0785. The van der Waals surface area contributed by atoms with Gasteiger partial charge < -0.3 is 4.98 Å². The number of allylic oxidation sites excluding steroid dienone is 1. The van der Waals surface area contributed by atoms with Crippen molar-refractivity contribution < 1.29 is 0 Å². The van der Waals surface area contributed by atoms with Gasteiger partial charge in [-0.15, -0.1) is 18.2 Å². The molecule has 2 nitrogen and oxygen atoms in total. The van der Waals surface area contributed by atoms with E-state index >= 15 is 0 Å². The molecule has 4 heteroatoms. The third-order valence-electron chi connectivity index (χ3n) is 5.79. The van der Waals surface area contributed by atoms with Crippen LogP contribution in [-0.4, -0.2) is 21.6 Å². The highest BCUT2D eigenvalue weighted by molar-refractivity contribution is 7.78. The topological polar surface area (TPSA) is 28.1 Å². The van der Waals surface area contributed by atoms with E-state index in [4.69, 9.17) is 23.8 Å². The summed E-state index contributed by atoms with van der Waals surface area (Å²) in [6.07, 6.45) is 4.87. The smallest absolute Gasteiger partial charge is 0.0779 e. The first-order chi connectivity index (χ1) is 11.9. The summed E-state index contributed by atoms with van der Waals surface area (Å²) in [5.74, 6) is 0.355. The number of aromatic nitrogens is 1. The van der Waals surface area contributed by atoms with Gasteiger partial charge in [-0.05, 0) is 43.1 Å². The first-order valence-electron chi connectivity index (χ1n) is 8.50. The molecule has 1 saturated carbocycles. The Morgan fingerprint density at radius 3 is 2.84 bits per heavy atom. The Morgan fingerprint density at radius 1 is 1.48 bits per heavy atom. The van der Waals surface area contributed by atoms with Crippen molar-refractivity contribution in [3.8, 4) is 0 Å². The molecule has 2 aromatic rings. The molecule has 0 saturated heterocycles. The lowest BCUT2D eigenvalue weighted by Gasteiger charge is -2.49. The van der Waals surface area contributed by atoms with Gasteiger partial charge in [0.1, 0.15) is 0 Å². The van der Waals surface area contributed by atoms with Crippen LogP contribution in [0.3, 0.4) is 0 Å². The van der Waals surface area contributed by atoms with Crippen LogP contribution in [0.2, 0.25) is 0 Å². The van der Waals surface area contributed by atoms with Crippen molar-refractivity contribution in [2.75, 3.05) is 0 Å². The molecule has 130 valence electrons. The number of halogens is 1. The van der Waals surface area contributed by atoms with Crippen LogP contribution in [0.1, 0.15) is 31.7 Å². The van der Waals surface area contributed by atoms with E-state index in [2.05, 4.69) is 66.5 Å². The number of benzene rings is 1. The van der Waals surface area contributed by atoms with E-state index in [0.717, 1.165) is 17.5 Å². The molecule has 1 aliphatic rings. The number of para-hydroxylation sites is 1. The van der Waals surface area contributed by atoms with Crippen LogP contribution in [0.4, 0.5) is 0 Å². The number of nitrogens with zero attached hydrogens (tertiary/aromatic N) is 1. The van der Waals surface area contributed by atoms with E-state index in [9.17, 15) is 0 Å². The molecule has 0 spiro atoms. The maximum Gasteiger partial charge on any atom is 0.0779 e. The van der Waals surface area contributed by atoms with Crippen LogP contribution in [0, 0.1) is 11.3 Å². The summed E-state index contributed by atoms with van der Waals surface area (Å²) in [4.78, 5) is 7.98. The van der Waals surface area contributed by atoms with E-state index in [1.54, 1.807) is 0 Å². The number of isothiocyanates is 1. The second-order valence-electron chi connectivity index (χ2n) is 7.21. The third-order valence-corrected chi connectivity index (χ3v) is 6.55. The first-order valence-corrected chi connectivity index (χ1v) is 9.34. The minimum Gasteiger partial charge on any atom is -0.361 e. The summed E-state index contributed by atoms with van der Waals surface area (Å²) >= 11 is 11.8. The Hall–Kier alpha value is -1.67. The number of thiocarbonyl (C=S) groups is 1. The number of alkyl halides is 1. The number of rotatable bonds is 4. The van der Waals surface area contributed by atoms with Crippen molar-refractivity contribution >= 4 is 39.9 Å². The molecular formula is C21H23ClN2S. The van der Waals surface area contributed by atoms with E-state index in [1.807, 2.05) is 12.1 Å². The fourth-order valence-corrected chi connectivity index (χ4v) is 4.73. The highest BCUT2D eigenvalue weighted by atomic mass is 35.5. The Labute approximate surface area is 159 Å². The zero-order valence-electron chi connectivity index (χ0n) is 14.6. The maximum absolute atomic E-state index is 6.80. The van der Waals surface area contributed by atoms with Crippen LogP contribution in [0.25, 0.3) is 10.9 Å². The van der Waals surface area contributed by atoms with Gasteiger partial charge >= 0.3 is 0 Å². The lowest BCUT2D eigenvalue weighted by molar-refractivity contribution is 0.179. The van der Waals surface area contributed by atoms with Gasteiger partial charge in [-0.25, -0.2) is 4.99 Å². The van der Waals surface area contributed by atoms with Gasteiger partial charge in [0.05, 0.1) is 11.2 Å². The molecular weight excluding hydrogens is 348 g/mol. The van der Waals surface area contributed by atoms with Gasteiger partial charge in [0.15, 0.2) is 0 Å². The number of hydrogen-bond donors (Lipinski definition) is 1. The van der Waals surface area contributed by atoms with Gasteiger partial charge in [-0.1, -0.05) is 43.4 Å². The number of aliphatic imine (C=N–C) groups is 1. The standard InChI is InChI=1S/C21H23ClN2S/c1-5-21(4)18(22)10-15(13(2)3)19(20(21)24-12-25)16-11-23-17-9-7-6-8-14(16)17/h5-9,11,15,18-20,23H,1-2,10H2,3-4H3/t15-,18-,19+,20?,21+/m0/s1. The predicted molar refractivity (Wildman–Crippen MR) is 111 cm³/mol. The van der Waals surface area contributed by atoms with Crippen molar-refractivity contribution in [1.82, 2.24) is 4.98 Å². The van der Waals surface area contributed by atoms with E-state index in [1.165, 1.54) is 10.9 Å². The van der Waals surface area contributed by atoms with Crippen molar-refractivity contribution in [3.05, 3.63) is 60.8 Å². The van der Waals surface area contributed by atoms with Crippen LogP contribution in [0.15, 0.2) is 60.3 Å². The average molecular weight is 371 g/mol. The van der Waals surface area contributed by atoms with Gasteiger partial charge in [0.2, 0.25) is 0 Å². The molecule has 0 amide bonds. The van der Waals surface area contributed by atoms with E-state index in [-0.39, 0.29) is 28.7 Å². The quantitative estimate of drug-likeness (QED) is 0.298. The first kappa shape index (κ1) is 18.1. The van der Waals surface area contributed by atoms with Crippen LogP contribution < -0.4 is 0 Å². The third kappa shape index (κ3) is 2.91. The highest BCUT2D eigenvalue weighted by Crippen LogP contribution is 2.54. The molecule has 1 unspecified atom stereocenters. The van der Waals surface area contributed by atoms with Crippen LogP contribution >= 0.6 is 23.8 Å². The fraction of sp³-hybridized carbons (Fsp3) is 0.381. The lowest BCUT2D eigenvalue weighted by atomic mass is 9.59. The Morgan fingerprint density at radius 2 is 2.20 bits per heavy atom. The molecule has 0 radical (unpaired) electrons. The average Bonchev–Trinajstić information content (AvgIpc) is 3.02. The van der Waals surface area contributed by atoms with Crippen molar-refractivity contribution in [1.29, 1.82) is 0 Å². The van der Waals surface area contributed by atoms with Crippen molar-refractivity contribution in [3.63, 3.8) is 0 Å². The SMILES string of the molecule is C=C[C@@]1(C)C(N=C=S)[C@@H](c2c[nH]c3ccccc23)[C@H](C(=C)C)C[C@@H]1Cl. The normalized spacial score (nSPS) is 32.1. The fourth-order valence-electron chi connectivity index (χ4n) is 4.20. The van der Waals surface area contributed by atoms with Gasteiger partial charge in [-0.2, -0.15) is 0 Å². The number of nitrogens with one attached hydrogen (secondary N) is 1. The molecule has 5 atom stereocenters. The lowest BCUT2D eigenvalue weighted by Crippen LogP contribution is -2.49.